The molecular weight excluding hydrogens is 1230 g/mol. The Morgan fingerprint density at radius 2 is 1.65 bits per heavy atom. The van der Waals surface area contributed by atoms with Gasteiger partial charge in [-0.1, -0.05) is 32.9 Å². The van der Waals surface area contributed by atoms with Crippen molar-refractivity contribution in [3.63, 3.8) is 0 Å². The summed E-state index contributed by atoms with van der Waals surface area (Å²) in [4.78, 5) is 130. The zero-order valence-corrected chi connectivity index (χ0v) is 52.7. The second-order valence-electron chi connectivity index (χ2n) is 24.2. The molecule has 1 saturated heterocycles. The lowest BCUT2D eigenvalue weighted by Crippen LogP contribution is -2.58. The molecule has 9 rings (SSSR count). The number of sulfone groups is 1. The fourth-order valence-electron chi connectivity index (χ4n) is 11.6. The molecule has 1 aliphatic carbocycles. The summed E-state index contributed by atoms with van der Waals surface area (Å²) in [7, 11) is -3.64. The lowest BCUT2D eigenvalue weighted by Gasteiger charge is -2.32. The number of cyclic esters (lactones) is 1. The van der Waals surface area contributed by atoms with Crippen molar-refractivity contribution in [1.82, 2.24) is 50.8 Å². The first-order valence-electron chi connectivity index (χ1n) is 29.4. The average molecular weight is 1300 g/mol. The molecule has 4 aliphatic rings. The normalized spacial score (nSPS) is 20.9. The number of nitrogens with zero attached hydrogens (tertiary/aromatic N) is 4. The van der Waals surface area contributed by atoms with Crippen LogP contribution in [0.1, 0.15) is 123 Å². The number of amides is 7. The van der Waals surface area contributed by atoms with E-state index in [4.69, 9.17) is 24.9 Å². The molecule has 31 heteroatoms. The van der Waals surface area contributed by atoms with Gasteiger partial charge in [-0.3, -0.25) is 38.4 Å². The molecular formula is C60H72FN11O17S2. The quantitative estimate of drug-likeness (QED) is 0.0222. The van der Waals surface area contributed by atoms with Gasteiger partial charge in [0.25, 0.3) is 11.5 Å². The predicted molar refractivity (Wildman–Crippen MR) is 322 cm³/mol. The van der Waals surface area contributed by atoms with Gasteiger partial charge in [-0.2, -0.15) is 4.37 Å². The van der Waals surface area contributed by atoms with Gasteiger partial charge in [0.05, 0.1) is 59.6 Å². The standard InChI is InChI=1S/C60H72FN11O17S2/c1-9-60(84)34-18-39-47-32(22-72(39)55(81)33(34)23-88-57(60)83)45-36(15-14-31-27(4)35(61)19-38(66-47)44(31)45)68-56(82)59(6,7)24-87-25-64-51(77)28(5)65-54(80)46(26(2)3)69-53(79)37(16-17-43(74)63-21-41-49(76)48(75)40(89-41)20-42(62)73)67-52(78)30-12-10-29(11-13-30)50-70-58(90-71-50)91(8,85)86/h10-13,18-19,26,28,36-37,40-41,46,48-49,75-76,84H,9,14-17,20-25H2,1-8H3,(H2,62,73)(H,63,74)(H,64,77)(H,65,80)(H,67,78)(H,68,82)(H,69,79)/t28-,36-,37-,40-,41+,46-,48-,49+,60-/m0/s1. The van der Waals surface area contributed by atoms with Crippen molar-refractivity contribution in [2.45, 2.75) is 159 Å². The fraction of sp³-hybridized carbons (Fsp3) is 0.500. The number of carbonyl (C=O) groups is 8. The maximum Gasteiger partial charge on any atom is 0.343 e. The summed E-state index contributed by atoms with van der Waals surface area (Å²) in [6.45, 7) is 9.92. The Balaban J connectivity index is 0.818. The highest BCUT2D eigenvalue weighted by atomic mass is 32.2. The highest BCUT2D eigenvalue weighted by molar-refractivity contribution is 7.92. The van der Waals surface area contributed by atoms with Gasteiger partial charge in [-0.25, -0.2) is 27.6 Å². The minimum Gasteiger partial charge on any atom is -0.458 e. The predicted octanol–water partition coefficient (Wildman–Crippen LogP) is 0.374. The van der Waals surface area contributed by atoms with Crippen molar-refractivity contribution >= 4 is 79.6 Å². The number of esters is 1. The molecule has 0 radical (unpaired) electrons. The van der Waals surface area contributed by atoms with Gasteiger partial charge in [-0.05, 0) is 106 Å². The topological polar surface area (TPSA) is 418 Å². The molecule has 7 amide bonds. The van der Waals surface area contributed by atoms with E-state index >= 15 is 4.39 Å². The fourth-order valence-corrected chi connectivity index (χ4v) is 12.9. The Labute approximate surface area is 525 Å². The number of rotatable bonds is 24. The van der Waals surface area contributed by atoms with Crippen LogP contribution in [0.25, 0.3) is 33.7 Å². The Morgan fingerprint density at radius 1 is 0.945 bits per heavy atom. The number of hydrogen-bond donors (Lipinski definition) is 10. The summed E-state index contributed by atoms with van der Waals surface area (Å²) in [5.74, 6) is -6.95. The molecule has 2 aromatic carbocycles. The summed E-state index contributed by atoms with van der Waals surface area (Å²) in [5.41, 5.74) is 5.45. The molecule has 0 saturated carbocycles. The number of aliphatic hydroxyl groups excluding tert-OH is 2. The van der Waals surface area contributed by atoms with Crippen LogP contribution in [0.15, 0.2) is 45.5 Å². The van der Waals surface area contributed by atoms with Crippen LogP contribution in [-0.2, 0) is 82.8 Å². The van der Waals surface area contributed by atoms with Crippen LogP contribution in [-0.4, -0.2) is 159 Å². The maximum absolute atomic E-state index is 15.6. The van der Waals surface area contributed by atoms with Crippen LogP contribution in [0.4, 0.5) is 4.39 Å². The number of primary amides is 1. The molecule has 0 bridgehead atoms. The summed E-state index contributed by atoms with van der Waals surface area (Å²) >= 11 is 0.678. The molecule has 91 heavy (non-hydrogen) atoms. The van der Waals surface area contributed by atoms with E-state index in [-0.39, 0.29) is 72.4 Å². The van der Waals surface area contributed by atoms with Crippen molar-refractivity contribution in [2.24, 2.45) is 17.1 Å². The summed E-state index contributed by atoms with van der Waals surface area (Å²) in [6, 6.07) is 3.90. The molecule has 0 spiro atoms. The number of aryl methyl sites for hydroxylation is 1. The van der Waals surface area contributed by atoms with E-state index in [0.717, 1.165) is 6.26 Å². The van der Waals surface area contributed by atoms with Crippen LogP contribution >= 0.6 is 11.5 Å². The van der Waals surface area contributed by atoms with E-state index in [1.54, 1.807) is 47.6 Å². The van der Waals surface area contributed by atoms with Gasteiger partial charge in [0.15, 0.2) is 11.4 Å². The van der Waals surface area contributed by atoms with Crippen LogP contribution in [0.5, 0.6) is 0 Å². The molecule has 6 heterocycles. The number of halogens is 1. The molecule has 9 atom stereocenters. The Morgan fingerprint density at radius 3 is 2.31 bits per heavy atom. The molecule has 0 unspecified atom stereocenters. The Bertz CT molecular complexity index is 3950. The van der Waals surface area contributed by atoms with Crippen molar-refractivity contribution in [2.75, 3.05) is 26.1 Å². The van der Waals surface area contributed by atoms with Crippen LogP contribution in [0.3, 0.4) is 0 Å². The molecule has 3 aromatic heterocycles. The first-order valence-corrected chi connectivity index (χ1v) is 32.1. The highest BCUT2D eigenvalue weighted by Gasteiger charge is 2.47. The molecule has 28 nitrogen and oxygen atoms in total. The van der Waals surface area contributed by atoms with Crippen LogP contribution in [0, 0.1) is 24.1 Å². The number of benzene rings is 2. The second kappa shape index (κ2) is 26.6. The number of hydrogen-bond acceptors (Lipinski definition) is 21. The highest BCUT2D eigenvalue weighted by Crippen LogP contribution is 2.46. The first-order chi connectivity index (χ1) is 42.8. The molecule has 11 N–H and O–H groups in total. The second-order valence-corrected chi connectivity index (χ2v) is 27.2. The van der Waals surface area contributed by atoms with E-state index in [0.29, 0.717) is 74.5 Å². The SMILES string of the molecule is CC[C@@]1(O)C(=O)OCc2c1cc1n(c2=O)Cc2c-1nc1cc(F)c(C)c3c1c2[C@@H](NC(=O)C(C)(C)COCNC(=O)[C@H](C)NC(=O)[C@@H](NC(=O)[C@H](CCC(=O)NC[C@H]1O[C@@H](CC(N)=O)[C@H](O)[C@@H]1O)NC(=O)c1ccc(-c2nsc(S(C)(=O)=O)n2)cc1)C(C)C)CC3. The Hall–Kier alpha value is -8.20. The minimum absolute atomic E-state index is 0.0341. The lowest BCUT2D eigenvalue weighted by molar-refractivity contribution is -0.172. The van der Waals surface area contributed by atoms with E-state index < -0.39 is 147 Å². The van der Waals surface area contributed by atoms with Crippen molar-refractivity contribution in [3.05, 3.63) is 91.5 Å². The van der Waals surface area contributed by atoms with Crippen LogP contribution < -0.4 is 43.2 Å². The van der Waals surface area contributed by atoms with E-state index in [1.165, 1.54) is 41.8 Å². The minimum atomic E-state index is -3.64. The number of ether oxygens (including phenoxy) is 3. The van der Waals surface area contributed by atoms with Gasteiger partial charge in [0, 0.05) is 52.9 Å². The molecule has 488 valence electrons. The van der Waals surface area contributed by atoms with E-state index in [9.17, 15) is 66.9 Å². The summed E-state index contributed by atoms with van der Waals surface area (Å²) in [6.07, 6.45) is -4.64. The molecule has 5 aromatic rings. The number of fused-ring (bicyclic) bond motifs is 5. The lowest BCUT2D eigenvalue weighted by atomic mass is 9.81. The van der Waals surface area contributed by atoms with Crippen molar-refractivity contribution < 1.29 is 80.7 Å². The largest absolute Gasteiger partial charge is 0.458 e. The number of nitrogens with one attached hydrogen (secondary N) is 6. The smallest absolute Gasteiger partial charge is 0.343 e. The van der Waals surface area contributed by atoms with Crippen molar-refractivity contribution in [3.8, 4) is 22.8 Å². The number of aliphatic hydroxyl groups is 3. The number of aromatic nitrogens is 4. The van der Waals surface area contributed by atoms with Gasteiger partial charge < -0.3 is 71.7 Å². The van der Waals surface area contributed by atoms with Crippen LogP contribution in [0.2, 0.25) is 0 Å². The Kier molecular flexibility index (Phi) is 19.6. The summed E-state index contributed by atoms with van der Waals surface area (Å²) < 4.78 is 61.5. The van der Waals surface area contributed by atoms with E-state index in [1.807, 2.05) is 0 Å². The average Bonchev–Trinajstić information content (AvgIpc) is 1.65. The third-order valence-electron chi connectivity index (χ3n) is 16.9. The van der Waals surface area contributed by atoms with Gasteiger partial charge in [0.2, 0.25) is 49.6 Å². The third kappa shape index (κ3) is 13.9. The number of carbonyl (C=O) groups excluding carboxylic acids is 8. The van der Waals surface area contributed by atoms with E-state index in [2.05, 4.69) is 41.3 Å². The van der Waals surface area contributed by atoms with Gasteiger partial charge in [-0.15, -0.1) is 0 Å². The molecule has 3 aliphatic heterocycles. The van der Waals surface area contributed by atoms with Gasteiger partial charge in [0.1, 0.15) is 55.6 Å². The zero-order valence-electron chi connectivity index (χ0n) is 51.1. The van der Waals surface area contributed by atoms with Gasteiger partial charge >= 0.3 is 5.97 Å². The monoisotopic (exact) mass is 1300 g/mol. The molecule has 1 fully saturated rings. The summed E-state index contributed by atoms with van der Waals surface area (Å²) in [5, 5.41) is 49.0. The number of pyridine rings is 2. The zero-order chi connectivity index (χ0) is 66.3. The first kappa shape index (κ1) is 67.2. The third-order valence-corrected chi connectivity index (χ3v) is 19.3. The number of nitrogens with two attached hydrogens (primary N) is 1. The maximum atomic E-state index is 15.6. The van der Waals surface area contributed by atoms with Crippen molar-refractivity contribution in [1.29, 1.82) is 0 Å².